The van der Waals surface area contributed by atoms with Gasteiger partial charge in [-0.3, -0.25) is 14.4 Å². The van der Waals surface area contributed by atoms with Crippen molar-refractivity contribution in [3.05, 3.63) is 54.1 Å². The predicted molar refractivity (Wildman–Crippen MR) is 202 cm³/mol. The summed E-state index contributed by atoms with van der Waals surface area (Å²) >= 11 is 0. The third kappa shape index (κ3) is 12.2. The molecule has 0 saturated heterocycles. The van der Waals surface area contributed by atoms with Crippen LogP contribution in [0.5, 0.6) is 0 Å². The molecule has 54 heavy (non-hydrogen) atoms. The minimum atomic E-state index is -0.556. The Balaban J connectivity index is 1.43. The quantitative estimate of drug-likeness (QED) is 0.152. The maximum Gasteiger partial charge on any atom is 0.406 e. The number of Topliss-reactive ketones (excluding diaryl/α,β-unsaturated/α-hetero) is 1. The summed E-state index contributed by atoms with van der Waals surface area (Å²) in [6.45, 7) is 11.7. The van der Waals surface area contributed by atoms with E-state index >= 15 is 0 Å². The number of nitrogens with zero attached hydrogens (tertiary/aromatic N) is 4. The maximum absolute atomic E-state index is 13.9. The van der Waals surface area contributed by atoms with Crippen LogP contribution in [0.2, 0.25) is 0 Å². The van der Waals surface area contributed by atoms with Gasteiger partial charge in [-0.25, -0.2) is 9.48 Å². The van der Waals surface area contributed by atoms with Crippen LogP contribution in [-0.2, 0) is 46.5 Å². The standard InChI is InChI=1S/C39H53N7O8/c1-27(47)21-38(2,3)25-54-26-39(4,5)24-42-33(49)23-46-36-30-13-9-10-14-31(30)45(22-28-11-7-8-12-29(28)35(36)43-44-46)34(50)15-17-40-32(48)16-19-53-20-18-41-37(51)52-6/h7-14H,15-26H2,1-6H3,(H,40,48)(H,41,51)(H,42,49). The zero-order chi connectivity index (χ0) is 39.3. The lowest BCUT2D eigenvalue weighted by Crippen LogP contribution is -2.39. The summed E-state index contributed by atoms with van der Waals surface area (Å²) in [5.74, 6) is -0.596. The van der Waals surface area contributed by atoms with Crippen molar-refractivity contribution >= 4 is 35.3 Å². The Labute approximate surface area is 316 Å². The van der Waals surface area contributed by atoms with Gasteiger partial charge in [0.2, 0.25) is 17.7 Å². The molecule has 15 nitrogen and oxygen atoms in total. The molecule has 1 aliphatic rings. The van der Waals surface area contributed by atoms with E-state index in [9.17, 15) is 24.0 Å². The number of ether oxygens (including phenoxy) is 3. The zero-order valence-corrected chi connectivity index (χ0v) is 32.2. The third-order valence-electron chi connectivity index (χ3n) is 8.69. The molecule has 0 fully saturated rings. The number of benzene rings is 2. The fourth-order valence-corrected chi connectivity index (χ4v) is 6.15. The van der Waals surface area contributed by atoms with Gasteiger partial charge in [-0.1, -0.05) is 75.4 Å². The van der Waals surface area contributed by atoms with Crippen LogP contribution in [0.25, 0.3) is 22.5 Å². The van der Waals surface area contributed by atoms with Gasteiger partial charge < -0.3 is 39.9 Å². The van der Waals surface area contributed by atoms with Gasteiger partial charge in [0.25, 0.3) is 0 Å². The summed E-state index contributed by atoms with van der Waals surface area (Å²) in [4.78, 5) is 64.1. The van der Waals surface area contributed by atoms with E-state index in [1.807, 2.05) is 76.2 Å². The number of anilines is 1. The molecule has 0 saturated carbocycles. The number of amides is 4. The number of aromatic nitrogens is 3. The van der Waals surface area contributed by atoms with Crippen LogP contribution < -0.4 is 20.9 Å². The average Bonchev–Trinajstić information content (AvgIpc) is 3.52. The van der Waals surface area contributed by atoms with Crippen molar-refractivity contribution in [3.63, 3.8) is 0 Å². The molecule has 2 aromatic carbocycles. The van der Waals surface area contributed by atoms with Gasteiger partial charge in [0, 0.05) is 55.4 Å². The lowest BCUT2D eigenvalue weighted by atomic mass is 9.88. The Morgan fingerprint density at radius 2 is 1.50 bits per heavy atom. The molecule has 0 aliphatic carbocycles. The number of hydrogen-bond acceptors (Lipinski definition) is 10. The first kappa shape index (κ1) is 41.6. The fraction of sp³-hybridized carbons (Fsp3) is 0.513. The summed E-state index contributed by atoms with van der Waals surface area (Å²) in [6, 6.07) is 15.1. The van der Waals surface area contributed by atoms with E-state index in [0.717, 1.165) is 11.1 Å². The number of para-hydroxylation sites is 1. The summed E-state index contributed by atoms with van der Waals surface area (Å²) < 4.78 is 17.4. The summed E-state index contributed by atoms with van der Waals surface area (Å²) in [5, 5.41) is 17.3. The number of nitrogens with one attached hydrogen (secondary N) is 3. The highest BCUT2D eigenvalue weighted by Crippen LogP contribution is 2.41. The number of alkyl carbamates (subject to hydrolysis) is 1. The van der Waals surface area contributed by atoms with Crippen molar-refractivity contribution in [2.45, 2.75) is 67.0 Å². The second-order valence-electron chi connectivity index (χ2n) is 15.0. The number of ketones is 1. The van der Waals surface area contributed by atoms with Crippen molar-refractivity contribution in [1.29, 1.82) is 0 Å². The number of carbonyl (C=O) groups is 5. The molecule has 0 radical (unpaired) electrons. The Bertz CT molecular complexity index is 1790. The molecule has 292 valence electrons. The normalized spacial score (nSPS) is 12.4. The smallest absolute Gasteiger partial charge is 0.406 e. The van der Waals surface area contributed by atoms with Crippen LogP contribution in [-0.4, -0.2) is 97.8 Å². The van der Waals surface area contributed by atoms with Gasteiger partial charge in [0.05, 0.1) is 51.5 Å². The molecule has 4 amide bonds. The molecule has 2 heterocycles. The molecule has 3 aromatic rings. The molecule has 1 aliphatic heterocycles. The Morgan fingerprint density at radius 3 is 2.24 bits per heavy atom. The molecule has 0 bridgehead atoms. The first-order valence-electron chi connectivity index (χ1n) is 18.1. The highest BCUT2D eigenvalue weighted by atomic mass is 16.5. The van der Waals surface area contributed by atoms with E-state index in [1.54, 1.807) is 16.5 Å². The second kappa shape index (κ2) is 19.3. The Kier molecular flexibility index (Phi) is 14.8. The van der Waals surface area contributed by atoms with Crippen molar-refractivity contribution in [2.24, 2.45) is 10.8 Å². The Hall–Kier alpha value is -5.15. The molecule has 3 N–H and O–H groups in total. The topological polar surface area (TPSA) is 183 Å². The van der Waals surface area contributed by atoms with Crippen LogP contribution >= 0.6 is 0 Å². The number of rotatable bonds is 19. The van der Waals surface area contributed by atoms with E-state index < -0.39 is 6.09 Å². The molecule has 0 spiro atoms. The summed E-state index contributed by atoms with van der Waals surface area (Å²) in [6.07, 6.45) is 0.0278. The van der Waals surface area contributed by atoms with Crippen molar-refractivity contribution in [3.8, 4) is 22.5 Å². The van der Waals surface area contributed by atoms with Crippen molar-refractivity contribution in [2.75, 3.05) is 58.1 Å². The van der Waals surface area contributed by atoms with E-state index in [1.165, 1.54) is 7.11 Å². The van der Waals surface area contributed by atoms with Gasteiger partial charge in [-0.05, 0) is 24.0 Å². The minimum Gasteiger partial charge on any atom is -0.453 e. The molecule has 15 heteroatoms. The fourth-order valence-electron chi connectivity index (χ4n) is 6.15. The minimum absolute atomic E-state index is 0.0483. The van der Waals surface area contributed by atoms with Gasteiger partial charge in [0.15, 0.2) is 0 Å². The predicted octanol–water partition coefficient (Wildman–Crippen LogP) is 3.89. The number of methoxy groups -OCH3 is 1. The largest absolute Gasteiger partial charge is 0.453 e. The van der Waals surface area contributed by atoms with E-state index in [4.69, 9.17) is 9.47 Å². The zero-order valence-electron chi connectivity index (χ0n) is 32.2. The first-order chi connectivity index (χ1) is 25.7. The summed E-state index contributed by atoms with van der Waals surface area (Å²) in [5.41, 5.74) is 3.55. The van der Waals surface area contributed by atoms with Gasteiger partial charge in [0.1, 0.15) is 18.0 Å². The number of hydrogen-bond donors (Lipinski definition) is 3. The van der Waals surface area contributed by atoms with Crippen molar-refractivity contribution in [1.82, 2.24) is 30.9 Å². The third-order valence-corrected chi connectivity index (χ3v) is 8.69. The van der Waals surface area contributed by atoms with Crippen molar-refractivity contribution < 1.29 is 38.2 Å². The SMILES string of the molecule is COC(=O)NCCOCCC(=O)NCCC(=O)N1Cc2ccccc2-c2nnn(CC(=O)NCC(C)(C)COCC(C)(C)CC(C)=O)c2-c2ccccc21. The van der Waals surface area contributed by atoms with Crippen LogP contribution in [0.4, 0.5) is 10.5 Å². The van der Waals surface area contributed by atoms with Crippen LogP contribution in [0.3, 0.4) is 0 Å². The van der Waals surface area contributed by atoms with E-state index in [0.29, 0.717) is 48.8 Å². The van der Waals surface area contributed by atoms with Gasteiger partial charge >= 0.3 is 6.09 Å². The first-order valence-corrected chi connectivity index (χ1v) is 18.1. The lowest BCUT2D eigenvalue weighted by Gasteiger charge is -2.29. The molecule has 4 rings (SSSR count). The van der Waals surface area contributed by atoms with E-state index in [2.05, 4.69) is 31.0 Å². The van der Waals surface area contributed by atoms with Crippen LogP contribution in [0.1, 0.15) is 59.4 Å². The molecular formula is C39H53N7O8. The Morgan fingerprint density at radius 1 is 0.796 bits per heavy atom. The molecular weight excluding hydrogens is 694 g/mol. The monoisotopic (exact) mass is 747 g/mol. The highest BCUT2D eigenvalue weighted by molar-refractivity contribution is 6.00. The average molecular weight is 748 g/mol. The number of carbonyl (C=O) groups excluding carboxylic acids is 5. The van der Waals surface area contributed by atoms with Crippen LogP contribution in [0.15, 0.2) is 48.5 Å². The molecule has 0 atom stereocenters. The van der Waals surface area contributed by atoms with Gasteiger partial charge in [-0.15, -0.1) is 5.10 Å². The summed E-state index contributed by atoms with van der Waals surface area (Å²) in [7, 11) is 1.27. The second-order valence-corrected chi connectivity index (χ2v) is 15.0. The lowest BCUT2D eigenvalue weighted by molar-refractivity contribution is -0.123. The van der Waals surface area contributed by atoms with Crippen LogP contribution in [0, 0.1) is 10.8 Å². The van der Waals surface area contributed by atoms with Gasteiger partial charge in [-0.2, -0.15) is 0 Å². The maximum atomic E-state index is 13.9. The molecule has 1 aromatic heterocycles. The highest BCUT2D eigenvalue weighted by Gasteiger charge is 2.30. The van der Waals surface area contributed by atoms with E-state index in [-0.39, 0.29) is 86.6 Å². The number of fused-ring (bicyclic) bond motifs is 5. The molecule has 0 unspecified atom stereocenters.